The van der Waals surface area contributed by atoms with Gasteiger partial charge in [-0.25, -0.2) is 9.97 Å². The Morgan fingerprint density at radius 2 is 0.581 bits per heavy atom. The summed E-state index contributed by atoms with van der Waals surface area (Å²) < 4.78 is 22.2. The molecule has 4 amide bonds. The quantitative estimate of drug-likeness (QED) is 0.0713. The molecule has 0 spiro atoms. The molecule has 2 aliphatic rings. The van der Waals surface area contributed by atoms with Gasteiger partial charge in [0.15, 0.2) is 0 Å². The van der Waals surface area contributed by atoms with Gasteiger partial charge in [-0.05, 0) is 154 Å². The molecule has 489 valence electrons. The van der Waals surface area contributed by atoms with E-state index in [4.69, 9.17) is 38.9 Å². The molecule has 2 aliphatic heterocycles. The first-order valence-electron chi connectivity index (χ1n) is 31.2. The molecule has 0 saturated carbocycles. The zero-order chi connectivity index (χ0) is 67.1. The molecule has 9 rings (SSSR count). The summed E-state index contributed by atoms with van der Waals surface area (Å²) in [6.45, 7) is 33.0. The minimum Gasteiger partial charge on any atom is -0.657 e. The van der Waals surface area contributed by atoms with Crippen LogP contribution in [0.15, 0.2) is 97.1 Å². The smallest absolute Gasteiger partial charge is 0.657 e. The Labute approximate surface area is 557 Å². The van der Waals surface area contributed by atoms with Crippen molar-refractivity contribution in [3.63, 3.8) is 0 Å². The van der Waals surface area contributed by atoms with Gasteiger partial charge in [-0.1, -0.05) is 156 Å². The van der Waals surface area contributed by atoms with Crippen LogP contribution in [0.5, 0.6) is 0 Å². The fourth-order valence-corrected chi connectivity index (χ4v) is 10.9. The van der Waals surface area contributed by atoms with Gasteiger partial charge >= 0.3 is 16.8 Å². The van der Waals surface area contributed by atoms with Crippen LogP contribution in [0.3, 0.4) is 0 Å². The number of benzene rings is 4. The van der Waals surface area contributed by atoms with Gasteiger partial charge in [0.2, 0.25) is 0 Å². The zero-order valence-electron chi connectivity index (χ0n) is 57.2. The normalized spacial score (nSPS) is 13.8. The molecule has 0 fully saturated rings. The van der Waals surface area contributed by atoms with E-state index in [1.54, 1.807) is 64.1 Å². The van der Waals surface area contributed by atoms with E-state index in [2.05, 4.69) is 141 Å². The molecule has 17 heteroatoms. The molecule has 93 heavy (non-hydrogen) atoms. The second kappa shape index (κ2) is 27.7. The largest absolute Gasteiger partial charge is 2.00 e. The number of nitrogens with one attached hydrogen (secondary N) is 4. The van der Waals surface area contributed by atoms with Crippen molar-refractivity contribution in [2.75, 3.05) is 49.7 Å². The summed E-state index contributed by atoms with van der Waals surface area (Å²) in [5.41, 5.74) is 13.7. The summed E-state index contributed by atoms with van der Waals surface area (Å²) in [5.74, 6) is -1.68. The van der Waals surface area contributed by atoms with Gasteiger partial charge in [0.25, 0.3) is 23.6 Å². The number of amides is 4. The van der Waals surface area contributed by atoms with E-state index in [0.29, 0.717) is 101 Å². The summed E-state index contributed by atoms with van der Waals surface area (Å²) in [5, 5.41) is 12.5. The van der Waals surface area contributed by atoms with Gasteiger partial charge < -0.3 is 50.2 Å². The molecular weight excluding hydrogens is 1210 g/mol. The number of fused-ring (bicyclic) bond motifs is 8. The van der Waals surface area contributed by atoms with Crippen LogP contribution in [-0.2, 0) is 76.6 Å². The molecule has 16 nitrogen and oxygen atoms in total. The van der Waals surface area contributed by atoms with Gasteiger partial charge in [0.05, 0.1) is 45.5 Å². The Balaban J connectivity index is 0.0000111. The van der Waals surface area contributed by atoms with Crippen LogP contribution >= 0.6 is 0 Å². The fraction of sp³-hybridized carbons (Fsp3) is 0.368. The number of nitrogens with zero attached hydrogens (tertiary/aromatic N) is 4. The molecule has 4 unspecified atom stereocenters. The molecule has 3 aromatic heterocycles. The van der Waals surface area contributed by atoms with E-state index in [1.807, 2.05) is 48.6 Å². The second-order valence-electron chi connectivity index (χ2n) is 27.9. The average Bonchev–Trinajstić information content (AvgIpc) is 1.66. The third kappa shape index (κ3) is 15.2. The van der Waals surface area contributed by atoms with E-state index in [-0.39, 0.29) is 38.4 Å². The van der Waals surface area contributed by atoms with Crippen molar-refractivity contribution in [2.45, 2.75) is 157 Å². The maximum atomic E-state index is 14.1. The van der Waals surface area contributed by atoms with Crippen molar-refractivity contribution in [1.29, 1.82) is 0 Å². The van der Waals surface area contributed by atoms with Crippen molar-refractivity contribution in [3.8, 4) is 44.5 Å². The van der Waals surface area contributed by atoms with Crippen molar-refractivity contribution in [3.05, 3.63) is 142 Å². The molecule has 1 radical (unpaired) electrons. The Bertz CT molecular complexity index is 3860. The number of aromatic nitrogens is 4. The summed E-state index contributed by atoms with van der Waals surface area (Å²) in [4.78, 5) is 79.2. The van der Waals surface area contributed by atoms with Crippen LogP contribution in [-0.4, -0.2) is 86.5 Å². The van der Waals surface area contributed by atoms with Crippen LogP contribution in [0.1, 0.15) is 156 Å². The van der Waals surface area contributed by atoms with E-state index >= 15 is 0 Å². The molecule has 0 saturated heterocycles. The molecule has 7 aromatic rings. The van der Waals surface area contributed by atoms with Gasteiger partial charge in [-0.3, -0.25) is 19.2 Å². The third-order valence-corrected chi connectivity index (χ3v) is 17.1. The molecule has 5 heterocycles. The van der Waals surface area contributed by atoms with Crippen molar-refractivity contribution in [2.24, 2.45) is 0 Å². The third-order valence-electron chi connectivity index (χ3n) is 17.1. The first-order chi connectivity index (χ1) is 43.2. The van der Waals surface area contributed by atoms with E-state index in [1.165, 1.54) is 28.4 Å². The van der Waals surface area contributed by atoms with Gasteiger partial charge in [-0.15, -0.1) is 22.1 Å². The van der Waals surface area contributed by atoms with Crippen LogP contribution in [0, 0.1) is 0 Å². The fourth-order valence-electron chi connectivity index (χ4n) is 10.9. The monoisotopic (exact) mass is 1300 g/mol. The summed E-state index contributed by atoms with van der Waals surface area (Å²) >= 11 is 0. The summed E-state index contributed by atoms with van der Waals surface area (Å²) in [6, 6.07) is 31.8. The minimum atomic E-state index is -0.847. The molecule has 8 bridgehead atoms. The number of methoxy groups -OCH3 is 4. The van der Waals surface area contributed by atoms with E-state index in [9.17, 15) is 19.2 Å². The first kappa shape index (κ1) is 70.6. The Morgan fingerprint density at radius 1 is 0.355 bits per heavy atom. The first-order valence-corrected chi connectivity index (χ1v) is 31.2. The second-order valence-corrected chi connectivity index (χ2v) is 27.9. The van der Waals surface area contributed by atoms with Crippen LogP contribution in [0.2, 0.25) is 0 Å². The number of hydrogen-bond acceptors (Lipinski definition) is 10. The molecular formula is C76H88CoN8O8. The predicted molar refractivity (Wildman–Crippen MR) is 374 cm³/mol. The number of ether oxygens (including phenoxy) is 4. The Kier molecular flexibility index (Phi) is 21.0. The minimum absolute atomic E-state index is 0. The van der Waals surface area contributed by atoms with Gasteiger partial charge in [-0.2, -0.15) is 0 Å². The van der Waals surface area contributed by atoms with E-state index < -0.39 is 48.0 Å². The van der Waals surface area contributed by atoms with Gasteiger partial charge in [0, 0.05) is 39.6 Å². The molecule has 0 aliphatic carbocycles. The Morgan fingerprint density at radius 3 is 0.806 bits per heavy atom. The standard InChI is InChI=1S/C76H90N8O8.Co/c1-41(89-17)69(85)81-51-23-21-24-52(82-70(86)42(2)90-18)65(51)67-59-31-27-55(77-59)63(45-35-47(73(5,6)7)39-48(36-45)74(8,9)10)57-29-33-61(79-57)68(66-53(83-71(87)43(3)91-19)25-22-26-54(66)84-72(88)44(4)92-20)62-34-30-58(80-62)64(56-28-32-60(67)78-56)46-37-49(75(11,12)13)40-50(38-46)76(14,15)16;/h21-44H,1-20H3,(H6,77,78,79,80,81,82,83,84,85,86,87,88);/q;+2/p-2. The Hall–Kier alpha value is -8.29. The maximum absolute atomic E-state index is 14.1. The topological polar surface area (TPSA) is 207 Å². The summed E-state index contributed by atoms with van der Waals surface area (Å²) in [7, 11) is 5.89. The number of carbonyl (C=O) groups is 4. The number of hydrogen-bond donors (Lipinski definition) is 4. The average molecular weight is 1300 g/mol. The van der Waals surface area contributed by atoms with Crippen LogP contribution < -0.4 is 31.2 Å². The number of rotatable bonds is 16. The van der Waals surface area contributed by atoms with Crippen molar-refractivity contribution < 1.29 is 54.9 Å². The maximum Gasteiger partial charge on any atom is 2.00 e. The SMILES string of the molecule is COC(C)C(=O)Nc1cccc(NC(=O)C(C)OC)c1-c1c2nc(c(-c3cc(C(C)(C)C)cc(C(C)(C)C)c3)c3ccc([n-]3)c(-c3c(NC(=O)C(C)OC)cccc3NC(=O)C(C)OC)c3nc(c(-c4cc(C(C)(C)C)cc(C(C)(C)C)c4)c4ccc1[n-]4)C=C3)C=C2.[Co+2]. The van der Waals surface area contributed by atoms with Crippen LogP contribution in [0.4, 0.5) is 22.7 Å². The van der Waals surface area contributed by atoms with Crippen molar-refractivity contribution in [1.82, 2.24) is 19.9 Å². The predicted octanol–water partition coefficient (Wildman–Crippen LogP) is 15.7. The van der Waals surface area contributed by atoms with Crippen LogP contribution in [0.25, 0.3) is 90.9 Å². The van der Waals surface area contributed by atoms with Gasteiger partial charge in [0.1, 0.15) is 24.4 Å². The number of anilines is 4. The molecule has 4 aromatic carbocycles. The zero-order valence-corrected chi connectivity index (χ0v) is 58.3. The van der Waals surface area contributed by atoms with E-state index in [0.717, 1.165) is 33.4 Å². The summed E-state index contributed by atoms with van der Waals surface area (Å²) in [6.07, 6.45) is 4.41. The molecule has 4 N–H and O–H groups in total. The number of carbonyl (C=O) groups excluding carboxylic acids is 4. The van der Waals surface area contributed by atoms with Crippen molar-refractivity contribution >= 4 is 92.7 Å². The molecule has 4 atom stereocenters.